The Balaban J connectivity index is 1.48. The molecule has 1 unspecified atom stereocenters. The van der Waals surface area contributed by atoms with E-state index < -0.39 is 15.9 Å². The maximum absolute atomic E-state index is 12.9. The first kappa shape index (κ1) is 19.9. The fourth-order valence-electron chi connectivity index (χ4n) is 4.47. The molecule has 1 saturated heterocycles. The number of hydrogen-bond donors (Lipinski definition) is 1. The SMILES string of the molecule is CN(C(=O)Nc1ccc2c(c1)C(=O)N(C1CCCCC1)C2=O)C1CCS(=O)(=O)C1. The van der Waals surface area contributed by atoms with Gasteiger partial charge in [-0.1, -0.05) is 19.3 Å². The normalized spacial score (nSPS) is 23.9. The molecule has 9 heteroatoms. The van der Waals surface area contributed by atoms with Crippen molar-refractivity contribution in [3.63, 3.8) is 0 Å². The highest BCUT2D eigenvalue weighted by Gasteiger charge is 2.40. The molecule has 1 saturated carbocycles. The van der Waals surface area contributed by atoms with Crippen LogP contribution in [0.4, 0.5) is 10.5 Å². The summed E-state index contributed by atoms with van der Waals surface area (Å²) in [4.78, 5) is 40.9. The fourth-order valence-corrected chi connectivity index (χ4v) is 6.24. The quantitative estimate of drug-likeness (QED) is 0.757. The molecule has 0 radical (unpaired) electrons. The van der Waals surface area contributed by atoms with E-state index in [1.165, 1.54) is 15.9 Å². The van der Waals surface area contributed by atoms with Gasteiger partial charge in [0.2, 0.25) is 0 Å². The van der Waals surface area contributed by atoms with E-state index in [1.54, 1.807) is 19.2 Å². The number of amides is 4. The summed E-state index contributed by atoms with van der Waals surface area (Å²) in [5.41, 5.74) is 1.09. The number of imide groups is 1. The fraction of sp³-hybridized carbons (Fsp3) is 0.550. The molecule has 2 aliphatic heterocycles. The maximum Gasteiger partial charge on any atom is 0.321 e. The van der Waals surface area contributed by atoms with Gasteiger partial charge in [0, 0.05) is 24.8 Å². The third-order valence-electron chi connectivity index (χ3n) is 6.19. The second-order valence-electron chi connectivity index (χ2n) is 8.13. The van der Waals surface area contributed by atoms with Gasteiger partial charge in [0.15, 0.2) is 9.84 Å². The molecule has 0 bridgehead atoms. The first-order valence-electron chi connectivity index (χ1n) is 10.0. The van der Waals surface area contributed by atoms with E-state index in [-0.39, 0.29) is 35.4 Å². The minimum absolute atomic E-state index is 0.0373. The van der Waals surface area contributed by atoms with Gasteiger partial charge >= 0.3 is 6.03 Å². The Labute approximate surface area is 170 Å². The van der Waals surface area contributed by atoms with Crippen LogP contribution in [0.3, 0.4) is 0 Å². The number of urea groups is 1. The predicted molar refractivity (Wildman–Crippen MR) is 108 cm³/mol. The minimum atomic E-state index is -3.09. The van der Waals surface area contributed by atoms with Crippen molar-refractivity contribution in [2.75, 3.05) is 23.9 Å². The van der Waals surface area contributed by atoms with Crippen molar-refractivity contribution in [2.24, 2.45) is 0 Å². The zero-order chi connectivity index (χ0) is 20.8. The topological polar surface area (TPSA) is 104 Å². The average Bonchev–Trinajstić information content (AvgIpc) is 3.18. The van der Waals surface area contributed by atoms with Crippen molar-refractivity contribution < 1.29 is 22.8 Å². The highest BCUT2D eigenvalue weighted by molar-refractivity contribution is 7.91. The van der Waals surface area contributed by atoms with Crippen LogP contribution >= 0.6 is 0 Å². The Kier molecular flexibility index (Phi) is 5.10. The minimum Gasteiger partial charge on any atom is -0.324 e. The number of benzene rings is 1. The molecule has 4 rings (SSSR count). The Hall–Kier alpha value is -2.42. The molecule has 29 heavy (non-hydrogen) atoms. The average molecular weight is 420 g/mol. The Morgan fingerprint density at radius 2 is 1.76 bits per heavy atom. The Morgan fingerprint density at radius 1 is 1.07 bits per heavy atom. The Bertz CT molecular complexity index is 968. The molecular formula is C20H25N3O5S. The molecule has 0 aromatic heterocycles. The summed E-state index contributed by atoms with van der Waals surface area (Å²) in [5.74, 6) is -0.516. The summed E-state index contributed by atoms with van der Waals surface area (Å²) in [7, 11) is -1.53. The summed E-state index contributed by atoms with van der Waals surface area (Å²) < 4.78 is 23.3. The van der Waals surface area contributed by atoms with Gasteiger partial charge in [-0.3, -0.25) is 14.5 Å². The molecule has 1 N–H and O–H groups in total. The van der Waals surface area contributed by atoms with Crippen molar-refractivity contribution in [1.29, 1.82) is 0 Å². The molecule has 4 amide bonds. The molecule has 2 heterocycles. The second kappa shape index (κ2) is 7.44. The summed E-state index contributed by atoms with van der Waals surface area (Å²) in [6.45, 7) is 0. The van der Waals surface area contributed by atoms with Gasteiger partial charge in [-0.2, -0.15) is 0 Å². The first-order valence-corrected chi connectivity index (χ1v) is 11.8. The van der Waals surface area contributed by atoms with Crippen molar-refractivity contribution in [1.82, 2.24) is 9.80 Å². The molecule has 8 nitrogen and oxygen atoms in total. The predicted octanol–water partition coefficient (Wildman–Crippen LogP) is 2.27. The lowest BCUT2D eigenvalue weighted by molar-refractivity contribution is 0.0549. The number of nitrogens with one attached hydrogen (secondary N) is 1. The van der Waals surface area contributed by atoms with Gasteiger partial charge in [-0.15, -0.1) is 0 Å². The van der Waals surface area contributed by atoms with Crippen LogP contribution in [0.15, 0.2) is 18.2 Å². The zero-order valence-electron chi connectivity index (χ0n) is 16.4. The molecular weight excluding hydrogens is 394 g/mol. The maximum atomic E-state index is 12.9. The van der Waals surface area contributed by atoms with Gasteiger partial charge in [0.25, 0.3) is 11.8 Å². The largest absolute Gasteiger partial charge is 0.324 e. The number of rotatable bonds is 3. The molecule has 156 valence electrons. The van der Waals surface area contributed by atoms with Crippen molar-refractivity contribution in [3.8, 4) is 0 Å². The monoisotopic (exact) mass is 419 g/mol. The summed E-state index contributed by atoms with van der Waals surface area (Å²) >= 11 is 0. The number of hydrogen-bond acceptors (Lipinski definition) is 5. The van der Waals surface area contributed by atoms with Crippen LogP contribution in [0, 0.1) is 0 Å². The number of carbonyl (C=O) groups is 3. The van der Waals surface area contributed by atoms with E-state index in [1.807, 2.05) is 0 Å². The van der Waals surface area contributed by atoms with Gasteiger partial charge in [0.05, 0.1) is 22.6 Å². The summed E-state index contributed by atoms with van der Waals surface area (Å²) in [6, 6.07) is 3.87. The highest BCUT2D eigenvalue weighted by atomic mass is 32.2. The van der Waals surface area contributed by atoms with E-state index >= 15 is 0 Å². The zero-order valence-corrected chi connectivity index (χ0v) is 17.2. The highest BCUT2D eigenvalue weighted by Crippen LogP contribution is 2.32. The van der Waals surface area contributed by atoms with E-state index in [0.717, 1.165) is 32.1 Å². The van der Waals surface area contributed by atoms with Gasteiger partial charge in [-0.05, 0) is 37.5 Å². The second-order valence-corrected chi connectivity index (χ2v) is 10.4. The lowest BCUT2D eigenvalue weighted by Crippen LogP contribution is -2.41. The smallest absolute Gasteiger partial charge is 0.321 e. The van der Waals surface area contributed by atoms with E-state index in [0.29, 0.717) is 23.2 Å². The van der Waals surface area contributed by atoms with Crippen molar-refractivity contribution in [2.45, 2.75) is 50.6 Å². The van der Waals surface area contributed by atoms with Crippen LogP contribution in [0.1, 0.15) is 59.2 Å². The number of nitrogens with zero attached hydrogens (tertiary/aromatic N) is 2. The van der Waals surface area contributed by atoms with Crippen LogP contribution in [-0.4, -0.2) is 66.7 Å². The van der Waals surface area contributed by atoms with Crippen LogP contribution in [-0.2, 0) is 9.84 Å². The third-order valence-corrected chi connectivity index (χ3v) is 7.94. The first-order chi connectivity index (χ1) is 13.8. The molecule has 2 fully saturated rings. The molecule has 1 aliphatic carbocycles. The number of sulfone groups is 1. The molecule has 1 aromatic carbocycles. The lowest BCUT2D eigenvalue weighted by atomic mass is 9.94. The van der Waals surface area contributed by atoms with Crippen molar-refractivity contribution >= 4 is 33.4 Å². The van der Waals surface area contributed by atoms with E-state index in [2.05, 4.69) is 5.32 Å². The summed E-state index contributed by atoms with van der Waals surface area (Å²) in [5, 5.41) is 2.72. The number of fused-ring (bicyclic) bond motifs is 1. The van der Waals surface area contributed by atoms with Crippen LogP contribution in [0.5, 0.6) is 0 Å². The molecule has 0 spiro atoms. The Morgan fingerprint density at radius 3 is 2.41 bits per heavy atom. The van der Waals surface area contributed by atoms with Crippen LogP contribution in [0.2, 0.25) is 0 Å². The lowest BCUT2D eigenvalue weighted by Gasteiger charge is -2.29. The number of carbonyl (C=O) groups excluding carboxylic acids is 3. The van der Waals surface area contributed by atoms with Gasteiger partial charge < -0.3 is 10.2 Å². The number of anilines is 1. The summed E-state index contributed by atoms with van der Waals surface area (Å²) in [6.07, 6.45) is 5.25. The third kappa shape index (κ3) is 3.75. The molecule has 3 aliphatic rings. The molecule has 1 aromatic rings. The van der Waals surface area contributed by atoms with Gasteiger partial charge in [0.1, 0.15) is 0 Å². The van der Waals surface area contributed by atoms with E-state index in [4.69, 9.17) is 0 Å². The van der Waals surface area contributed by atoms with Crippen LogP contribution in [0.25, 0.3) is 0 Å². The van der Waals surface area contributed by atoms with Gasteiger partial charge in [-0.25, -0.2) is 13.2 Å². The van der Waals surface area contributed by atoms with Crippen LogP contribution < -0.4 is 5.32 Å². The van der Waals surface area contributed by atoms with E-state index in [9.17, 15) is 22.8 Å². The standard InChI is InChI=1S/C20H25N3O5S/c1-22(15-9-10-29(27,28)12-15)20(26)21-13-7-8-16-17(11-13)19(25)23(18(16)24)14-5-3-2-4-6-14/h7-8,11,14-15H,2-6,9-10,12H2,1H3,(H,21,26). The molecule has 1 atom stereocenters. The van der Waals surface area contributed by atoms with Crippen molar-refractivity contribution in [3.05, 3.63) is 29.3 Å².